The molecule has 1 aliphatic heterocycles. The minimum atomic E-state index is -0.522. The molecule has 1 aromatic carbocycles. The van der Waals surface area contributed by atoms with Gasteiger partial charge in [0.15, 0.2) is 5.82 Å². The Bertz CT molecular complexity index is 1400. The molecule has 0 unspecified atom stereocenters. The third kappa shape index (κ3) is 5.32. The summed E-state index contributed by atoms with van der Waals surface area (Å²) in [4.78, 5) is 38.6. The van der Waals surface area contributed by atoms with Crippen molar-refractivity contribution in [1.29, 1.82) is 0 Å². The van der Waals surface area contributed by atoms with E-state index in [-0.39, 0.29) is 40.8 Å². The summed E-state index contributed by atoms with van der Waals surface area (Å²) in [5, 5.41) is 0. The van der Waals surface area contributed by atoms with Crippen molar-refractivity contribution in [2.24, 2.45) is 13.0 Å². The fraction of sp³-hybridized carbons (Fsp3) is 0.467. The van der Waals surface area contributed by atoms with Crippen molar-refractivity contribution in [3.63, 3.8) is 0 Å². The lowest BCUT2D eigenvalue weighted by Gasteiger charge is -2.36. The van der Waals surface area contributed by atoms with Crippen molar-refractivity contribution in [2.75, 3.05) is 29.5 Å². The third-order valence-electron chi connectivity index (χ3n) is 8.16. The molecule has 39 heavy (non-hydrogen) atoms. The molecule has 9 heteroatoms. The maximum atomic E-state index is 14.4. The van der Waals surface area contributed by atoms with E-state index in [0.717, 1.165) is 43.1 Å². The van der Waals surface area contributed by atoms with Crippen LogP contribution in [0.3, 0.4) is 0 Å². The van der Waals surface area contributed by atoms with E-state index in [2.05, 4.69) is 27.0 Å². The molecule has 8 nitrogen and oxygen atoms in total. The number of morpholine rings is 1. The maximum absolute atomic E-state index is 14.4. The lowest BCUT2D eigenvalue weighted by atomic mass is 9.93. The number of pyridine rings is 1. The number of rotatable bonds is 6. The number of carbonyl (C=O) groups excluding carboxylic acids is 1. The zero-order chi connectivity index (χ0) is 26.9. The predicted octanol–water partition coefficient (Wildman–Crippen LogP) is 4.64. The van der Waals surface area contributed by atoms with Crippen LogP contribution in [0.1, 0.15) is 56.6 Å². The summed E-state index contributed by atoms with van der Waals surface area (Å²) in [6.07, 6.45) is 10.1. The maximum Gasteiger partial charge on any atom is 0.255 e. The highest BCUT2D eigenvalue weighted by Gasteiger charge is 2.37. The monoisotopic (exact) mass is 531 g/mol. The number of anilines is 2. The zero-order valence-electron chi connectivity index (χ0n) is 22.3. The molecule has 0 bridgehead atoms. The number of amides is 1. The predicted molar refractivity (Wildman–Crippen MR) is 147 cm³/mol. The number of aromatic nitrogens is 3. The fourth-order valence-electron chi connectivity index (χ4n) is 5.80. The first-order valence-corrected chi connectivity index (χ1v) is 14.0. The summed E-state index contributed by atoms with van der Waals surface area (Å²) in [6, 6.07) is 11.3. The molecule has 0 radical (unpaired) electrons. The molecule has 2 aromatic heterocycles. The summed E-state index contributed by atoms with van der Waals surface area (Å²) >= 11 is 0. The lowest BCUT2D eigenvalue weighted by molar-refractivity contribution is -0.120. The summed E-state index contributed by atoms with van der Waals surface area (Å²) in [7, 11) is 1.67. The highest BCUT2D eigenvalue weighted by atomic mass is 19.1. The van der Waals surface area contributed by atoms with Gasteiger partial charge < -0.3 is 14.5 Å². The number of carbonyl (C=O) groups is 1. The van der Waals surface area contributed by atoms with E-state index in [9.17, 15) is 14.0 Å². The molecule has 2 saturated carbocycles. The first-order chi connectivity index (χ1) is 19.0. The largest absolute Gasteiger partial charge is 0.370 e. The van der Waals surface area contributed by atoms with Crippen LogP contribution in [0.25, 0.3) is 11.3 Å². The van der Waals surface area contributed by atoms with E-state index in [4.69, 9.17) is 4.74 Å². The van der Waals surface area contributed by atoms with Gasteiger partial charge in [0.05, 0.1) is 25.0 Å². The third-order valence-corrected chi connectivity index (χ3v) is 8.16. The Morgan fingerprint density at radius 2 is 1.85 bits per heavy atom. The molecule has 3 heterocycles. The van der Waals surface area contributed by atoms with Crippen LogP contribution in [-0.4, -0.2) is 46.2 Å². The summed E-state index contributed by atoms with van der Waals surface area (Å²) in [5.41, 5.74) is 2.23. The second-order valence-electron chi connectivity index (χ2n) is 10.9. The molecule has 0 N–H and O–H groups in total. The molecule has 6 rings (SSSR count). The average Bonchev–Trinajstić information content (AvgIpc) is 3.82. The number of ether oxygens (including phenoxy) is 1. The molecular weight excluding hydrogens is 497 g/mol. The number of benzene rings is 1. The van der Waals surface area contributed by atoms with Gasteiger partial charge in [-0.15, -0.1) is 0 Å². The number of halogens is 1. The molecule has 1 atom stereocenters. The standard InChI is InChI=1S/C30H34FN5O3/c1-34-28(37)17-26(24-13-14-32-18-25(24)31)33-30(34)35-15-16-39-27(19-35)20-9-11-23(12-10-20)36(29(38)21-7-8-21)22-5-3-2-4-6-22/h9-14,17-18,21-22,27H,2-8,15-16,19H2,1H3/t27-/m1/s1. The van der Waals surface area contributed by atoms with Crippen molar-refractivity contribution in [2.45, 2.75) is 57.1 Å². The van der Waals surface area contributed by atoms with E-state index in [1.54, 1.807) is 7.05 Å². The quantitative estimate of drug-likeness (QED) is 0.461. The summed E-state index contributed by atoms with van der Waals surface area (Å²) in [6.45, 7) is 1.52. The van der Waals surface area contributed by atoms with E-state index in [1.165, 1.54) is 42.2 Å². The van der Waals surface area contributed by atoms with Gasteiger partial charge >= 0.3 is 0 Å². The SMILES string of the molecule is Cn1c(N2CCO[C@@H](c3ccc(N(C(=O)C4CC4)C4CCCCC4)cc3)C2)nc(-c2ccncc2F)cc1=O. The molecule has 204 valence electrons. The molecule has 3 fully saturated rings. The van der Waals surface area contributed by atoms with Crippen molar-refractivity contribution < 1.29 is 13.9 Å². The van der Waals surface area contributed by atoms with Gasteiger partial charge in [-0.05, 0) is 49.4 Å². The van der Waals surface area contributed by atoms with E-state index < -0.39 is 5.82 Å². The number of hydrogen-bond acceptors (Lipinski definition) is 6. The Hall–Kier alpha value is -3.59. The first kappa shape index (κ1) is 25.7. The minimum Gasteiger partial charge on any atom is -0.370 e. The van der Waals surface area contributed by atoms with Crippen molar-refractivity contribution >= 4 is 17.5 Å². The Morgan fingerprint density at radius 1 is 1.08 bits per heavy atom. The number of hydrogen-bond donors (Lipinski definition) is 0. The van der Waals surface area contributed by atoms with Gasteiger partial charge in [-0.3, -0.25) is 19.1 Å². The van der Waals surface area contributed by atoms with Crippen LogP contribution >= 0.6 is 0 Å². The topological polar surface area (TPSA) is 80.6 Å². The second kappa shape index (κ2) is 10.9. The Labute approximate surface area is 227 Å². The van der Waals surface area contributed by atoms with E-state index in [0.29, 0.717) is 25.6 Å². The van der Waals surface area contributed by atoms with Crippen molar-refractivity contribution in [3.8, 4) is 11.3 Å². The summed E-state index contributed by atoms with van der Waals surface area (Å²) in [5.74, 6) is 0.397. The van der Waals surface area contributed by atoms with E-state index in [1.807, 2.05) is 17.0 Å². The molecular formula is C30H34FN5O3. The van der Waals surface area contributed by atoms with Gasteiger partial charge in [-0.2, -0.15) is 0 Å². The van der Waals surface area contributed by atoms with Crippen LogP contribution < -0.4 is 15.4 Å². The van der Waals surface area contributed by atoms with Crippen molar-refractivity contribution in [1.82, 2.24) is 14.5 Å². The average molecular weight is 532 g/mol. The highest BCUT2D eigenvalue weighted by Crippen LogP contribution is 2.37. The molecule has 2 aliphatic carbocycles. The van der Waals surface area contributed by atoms with Crippen molar-refractivity contribution in [3.05, 3.63) is 70.5 Å². The zero-order valence-corrected chi connectivity index (χ0v) is 22.3. The second-order valence-corrected chi connectivity index (χ2v) is 10.9. The lowest BCUT2D eigenvalue weighted by Crippen LogP contribution is -2.43. The molecule has 3 aromatic rings. The molecule has 3 aliphatic rings. The van der Waals surface area contributed by atoms with Gasteiger partial charge in [0, 0.05) is 49.1 Å². The van der Waals surface area contributed by atoms with Crippen LogP contribution in [0.5, 0.6) is 0 Å². The van der Waals surface area contributed by atoms with Crippen LogP contribution in [0, 0.1) is 11.7 Å². The van der Waals surface area contributed by atoms with Gasteiger partial charge in [0.1, 0.15) is 6.10 Å². The Balaban J connectivity index is 1.23. The first-order valence-electron chi connectivity index (χ1n) is 14.0. The van der Waals surface area contributed by atoms with Gasteiger partial charge in [0.25, 0.3) is 5.56 Å². The number of nitrogens with zero attached hydrogens (tertiary/aromatic N) is 5. The Kier molecular flexibility index (Phi) is 7.16. The van der Waals surface area contributed by atoms with Crippen LogP contribution in [-0.2, 0) is 16.6 Å². The smallest absolute Gasteiger partial charge is 0.255 e. The van der Waals surface area contributed by atoms with Gasteiger partial charge in [-0.1, -0.05) is 31.4 Å². The summed E-state index contributed by atoms with van der Waals surface area (Å²) < 4.78 is 22.0. The van der Waals surface area contributed by atoms with Gasteiger partial charge in [0.2, 0.25) is 11.9 Å². The van der Waals surface area contributed by atoms with Crippen LogP contribution in [0.15, 0.2) is 53.6 Å². The fourth-order valence-corrected chi connectivity index (χ4v) is 5.80. The highest BCUT2D eigenvalue weighted by molar-refractivity contribution is 5.97. The molecule has 1 amide bonds. The van der Waals surface area contributed by atoms with Gasteiger partial charge in [-0.25, -0.2) is 9.37 Å². The van der Waals surface area contributed by atoms with Crippen LogP contribution in [0.2, 0.25) is 0 Å². The Morgan fingerprint density at radius 3 is 2.56 bits per heavy atom. The van der Waals surface area contributed by atoms with E-state index >= 15 is 0 Å². The molecule has 1 saturated heterocycles. The van der Waals surface area contributed by atoms with Crippen LogP contribution in [0.4, 0.5) is 16.0 Å². The molecule has 0 spiro atoms. The minimum absolute atomic E-state index is 0.178. The normalized spacial score (nSPS) is 20.2.